The number of aromatic carboxylic acids is 1. The number of hydrogen-bond donors (Lipinski definition) is 3. The van der Waals surface area contributed by atoms with E-state index in [1.54, 1.807) is 18.2 Å². The van der Waals surface area contributed by atoms with Crippen molar-refractivity contribution < 1.29 is 14.7 Å². The molecule has 21 heavy (non-hydrogen) atoms. The third-order valence-corrected chi connectivity index (χ3v) is 3.76. The lowest BCUT2D eigenvalue weighted by molar-refractivity contribution is -0.114. The molecule has 2 aromatic carbocycles. The molecule has 0 unspecified atom stereocenters. The van der Waals surface area contributed by atoms with E-state index in [1.165, 1.54) is 30.8 Å². The van der Waals surface area contributed by atoms with E-state index in [9.17, 15) is 9.59 Å². The zero-order valence-corrected chi connectivity index (χ0v) is 12.1. The Morgan fingerprint density at radius 3 is 2.33 bits per heavy atom. The Labute approximate surface area is 126 Å². The Kier molecular flexibility index (Phi) is 4.49. The van der Waals surface area contributed by atoms with Crippen LogP contribution in [0.3, 0.4) is 0 Å². The molecule has 0 aliphatic carbocycles. The third kappa shape index (κ3) is 4.00. The summed E-state index contributed by atoms with van der Waals surface area (Å²) in [6.07, 6.45) is 0. The van der Waals surface area contributed by atoms with Crippen molar-refractivity contribution in [1.29, 1.82) is 0 Å². The summed E-state index contributed by atoms with van der Waals surface area (Å²) in [6, 6.07) is 12.0. The van der Waals surface area contributed by atoms with Crippen LogP contribution in [0.5, 0.6) is 0 Å². The van der Waals surface area contributed by atoms with Crippen LogP contribution in [0.4, 0.5) is 11.4 Å². The molecule has 0 radical (unpaired) electrons. The highest BCUT2D eigenvalue weighted by Gasteiger charge is 2.07. The van der Waals surface area contributed by atoms with Crippen molar-refractivity contribution in [2.24, 2.45) is 0 Å². The van der Waals surface area contributed by atoms with Crippen LogP contribution >= 0.6 is 11.8 Å². The van der Waals surface area contributed by atoms with Crippen LogP contribution in [0.1, 0.15) is 17.3 Å². The second-order valence-electron chi connectivity index (χ2n) is 4.37. The Bertz CT molecular complexity index is 684. The summed E-state index contributed by atoms with van der Waals surface area (Å²) in [6.45, 7) is 1.45. The first-order valence-corrected chi connectivity index (χ1v) is 6.95. The normalized spacial score (nSPS) is 10.1. The fourth-order valence-corrected chi connectivity index (χ4v) is 2.55. The number of carboxylic acid groups (broad SMARTS) is 1. The average molecular weight is 302 g/mol. The van der Waals surface area contributed by atoms with Crippen molar-refractivity contribution >= 4 is 35.0 Å². The minimum absolute atomic E-state index is 0.121. The monoisotopic (exact) mass is 302 g/mol. The number of anilines is 2. The average Bonchev–Trinajstić information content (AvgIpc) is 2.42. The predicted molar refractivity (Wildman–Crippen MR) is 82.7 cm³/mol. The zero-order valence-electron chi connectivity index (χ0n) is 11.3. The van der Waals surface area contributed by atoms with Crippen LogP contribution in [-0.2, 0) is 4.79 Å². The van der Waals surface area contributed by atoms with Crippen molar-refractivity contribution in [1.82, 2.24) is 0 Å². The molecule has 2 rings (SSSR count). The van der Waals surface area contributed by atoms with E-state index in [4.69, 9.17) is 10.8 Å². The van der Waals surface area contributed by atoms with E-state index in [-0.39, 0.29) is 11.5 Å². The van der Waals surface area contributed by atoms with E-state index in [0.717, 1.165) is 15.5 Å². The molecule has 0 saturated heterocycles. The summed E-state index contributed by atoms with van der Waals surface area (Å²) in [5, 5.41) is 11.6. The molecule has 4 N–H and O–H groups in total. The highest BCUT2D eigenvalue weighted by molar-refractivity contribution is 7.99. The molecule has 6 heteroatoms. The molecule has 0 aliphatic rings. The van der Waals surface area contributed by atoms with Crippen molar-refractivity contribution in [3.63, 3.8) is 0 Å². The number of carbonyl (C=O) groups is 2. The molecule has 0 aromatic heterocycles. The van der Waals surface area contributed by atoms with E-state index in [1.807, 2.05) is 12.1 Å². The minimum atomic E-state index is -1.00. The quantitative estimate of drug-likeness (QED) is 0.755. The number of carboxylic acids is 1. The maximum Gasteiger partial charge on any atom is 0.335 e. The second-order valence-corrected chi connectivity index (χ2v) is 5.48. The van der Waals surface area contributed by atoms with Gasteiger partial charge in [0.2, 0.25) is 5.91 Å². The molecular formula is C15H14N2O3S. The Morgan fingerprint density at radius 1 is 1.14 bits per heavy atom. The van der Waals surface area contributed by atoms with Gasteiger partial charge < -0.3 is 16.2 Å². The van der Waals surface area contributed by atoms with E-state index >= 15 is 0 Å². The fourth-order valence-electron chi connectivity index (χ4n) is 1.71. The first kappa shape index (κ1) is 14.9. The lowest BCUT2D eigenvalue weighted by Gasteiger charge is -2.07. The van der Waals surface area contributed by atoms with Crippen molar-refractivity contribution in [2.45, 2.75) is 16.7 Å². The molecule has 1 amide bonds. The van der Waals surface area contributed by atoms with Crippen molar-refractivity contribution in [3.05, 3.63) is 48.0 Å². The Morgan fingerprint density at radius 2 is 1.81 bits per heavy atom. The van der Waals surface area contributed by atoms with Crippen LogP contribution in [0.25, 0.3) is 0 Å². The summed E-state index contributed by atoms with van der Waals surface area (Å²) in [5.74, 6) is -1.12. The van der Waals surface area contributed by atoms with Crippen LogP contribution in [0, 0.1) is 0 Å². The molecule has 0 heterocycles. The van der Waals surface area contributed by atoms with Gasteiger partial charge in [0.05, 0.1) is 5.56 Å². The topological polar surface area (TPSA) is 92.4 Å². The minimum Gasteiger partial charge on any atom is -0.478 e. The van der Waals surface area contributed by atoms with Gasteiger partial charge in [0.15, 0.2) is 0 Å². The zero-order chi connectivity index (χ0) is 15.4. The maximum atomic E-state index is 10.9. The van der Waals surface area contributed by atoms with Crippen molar-refractivity contribution in [2.75, 3.05) is 11.1 Å². The summed E-state index contributed by atoms with van der Waals surface area (Å²) in [7, 11) is 0. The first-order chi connectivity index (χ1) is 9.95. The number of nitrogens with one attached hydrogen (secondary N) is 1. The molecule has 0 atom stereocenters. The predicted octanol–water partition coefficient (Wildman–Crippen LogP) is 3.08. The molecule has 0 fully saturated rings. The van der Waals surface area contributed by atoms with Crippen LogP contribution in [0.15, 0.2) is 52.3 Å². The smallest absolute Gasteiger partial charge is 0.335 e. The van der Waals surface area contributed by atoms with Gasteiger partial charge in [-0.25, -0.2) is 4.79 Å². The number of carbonyl (C=O) groups excluding carboxylic acids is 1. The van der Waals surface area contributed by atoms with Gasteiger partial charge in [0.25, 0.3) is 0 Å². The van der Waals surface area contributed by atoms with Gasteiger partial charge in [-0.2, -0.15) is 0 Å². The highest BCUT2D eigenvalue weighted by Crippen LogP contribution is 2.33. The second kappa shape index (κ2) is 6.32. The van der Waals surface area contributed by atoms with Crippen LogP contribution in [-0.4, -0.2) is 17.0 Å². The number of benzene rings is 2. The molecule has 108 valence electrons. The molecule has 0 saturated carbocycles. The van der Waals surface area contributed by atoms with Crippen molar-refractivity contribution in [3.8, 4) is 0 Å². The summed E-state index contributed by atoms with van der Waals surface area (Å²) in [4.78, 5) is 23.5. The molecule has 0 spiro atoms. The van der Waals surface area contributed by atoms with Gasteiger partial charge >= 0.3 is 5.97 Å². The summed E-state index contributed by atoms with van der Waals surface area (Å²) in [5.41, 5.74) is 7.17. The highest BCUT2D eigenvalue weighted by atomic mass is 32.2. The molecule has 0 bridgehead atoms. The number of nitrogens with two attached hydrogens (primary N) is 1. The maximum absolute atomic E-state index is 10.9. The summed E-state index contributed by atoms with van der Waals surface area (Å²) < 4.78 is 0. The number of nitrogen functional groups attached to an aromatic ring is 1. The molecular weight excluding hydrogens is 288 g/mol. The third-order valence-electron chi connectivity index (χ3n) is 2.66. The fraction of sp³-hybridized carbons (Fsp3) is 0.0667. The molecule has 2 aromatic rings. The number of hydrogen-bond acceptors (Lipinski definition) is 4. The summed E-state index contributed by atoms with van der Waals surface area (Å²) >= 11 is 1.43. The van der Waals surface area contributed by atoms with Gasteiger partial charge in [-0.3, -0.25) is 4.79 Å². The lowest BCUT2D eigenvalue weighted by Crippen LogP contribution is -2.05. The van der Waals surface area contributed by atoms with Crippen LogP contribution in [0.2, 0.25) is 0 Å². The van der Waals surface area contributed by atoms with Gasteiger partial charge in [0.1, 0.15) is 0 Å². The Balaban J connectivity index is 2.14. The van der Waals surface area contributed by atoms with E-state index in [2.05, 4.69) is 5.32 Å². The van der Waals surface area contributed by atoms with Gasteiger partial charge in [-0.15, -0.1) is 0 Å². The van der Waals surface area contributed by atoms with Gasteiger partial charge in [-0.1, -0.05) is 11.8 Å². The van der Waals surface area contributed by atoms with E-state index < -0.39 is 5.97 Å². The standard InChI is InChI=1S/C15H14N2O3S/c1-9(18)17-11-3-5-12(6-4-11)21-14-7-2-10(15(19)20)8-13(14)16/h2-8H,16H2,1H3,(H,17,18)(H,19,20). The van der Waals surface area contributed by atoms with Gasteiger partial charge in [-0.05, 0) is 42.5 Å². The number of rotatable bonds is 4. The lowest BCUT2D eigenvalue weighted by atomic mass is 10.2. The SMILES string of the molecule is CC(=O)Nc1ccc(Sc2ccc(C(=O)O)cc2N)cc1. The van der Waals surface area contributed by atoms with Crippen LogP contribution < -0.4 is 11.1 Å². The van der Waals surface area contributed by atoms with Gasteiger partial charge in [0, 0.05) is 28.1 Å². The first-order valence-electron chi connectivity index (χ1n) is 6.14. The largest absolute Gasteiger partial charge is 0.478 e. The molecule has 0 aliphatic heterocycles. The Hall–Kier alpha value is -2.47. The number of amides is 1. The molecule has 5 nitrogen and oxygen atoms in total. The van der Waals surface area contributed by atoms with E-state index in [0.29, 0.717) is 5.69 Å².